The highest BCUT2D eigenvalue weighted by atomic mass is 32.2. The van der Waals surface area contributed by atoms with Crippen molar-refractivity contribution in [3.63, 3.8) is 0 Å². The summed E-state index contributed by atoms with van der Waals surface area (Å²) in [6.07, 6.45) is -2.15. The normalized spacial score (nSPS) is 20.7. The lowest BCUT2D eigenvalue weighted by Crippen LogP contribution is -2.64. The second-order valence-electron chi connectivity index (χ2n) is 9.98. The molecule has 1 N–H and O–H groups in total. The molecule has 11 nitrogen and oxygen atoms in total. The first-order chi connectivity index (χ1) is 20.1. The second-order valence-corrected chi connectivity index (χ2v) is 11.9. The van der Waals surface area contributed by atoms with Crippen LogP contribution in [0.5, 0.6) is 5.75 Å². The van der Waals surface area contributed by atoms with Crippen LogP contribution < -0.4 is 10.2 Å². The fourth-order valence-electron chi connectivity index (χ4n) is 4.82. The Kier molecular flexibility index (Phi) is 8.57. The van der Waals surface area contributed by atoms with Gasteiger partial charge in [-0.1, -0.05) is 42.5 Å². The average Bonchev–Trinajstić information content (AvgIpc) is 3.40. The molecule has 3 atom stereocenters. The van der Waals surface area contributed by atoms with Gasteiger partial charge in [-0.05, 0) is 53.9 Å². The quantitative estimate of drug-likeness (QED) is 0.211. The summed E-state index contributed by atoms with van der Waals surface area (Å²) in [7, 11) is -3.92. The highest BCUT2D eigenvalue weighted by Gasteiger charge is 2.52. The van der Waals surface area contributed by atoms with Crippen LogP contribution in [0.4, 0.5) is 4.39 Å². The molecule has 2 unspecified atom stereocenters. The monoisotopic (exact) mass is 600 g/mol. The van der Waals surface area contributed by atoms with Gasteiger partial charge in [-0.3, -0.25) is 4.79 Å². The van der Waals surface area contributed by atoms with Crippen LogP contribution in [-0.4, -0.2) is 56.2 Å². The van der Waals surface area contributed by atoms with Gasteiger partial charge in [0.25, 0.3) is 0 Å². The van der Waals surface area contributed by atoms with Gasteiger partial charge < -0.3 is 14.2 Å². The van der Waals surface area contributed by atoms with Gasteiger partial charge in [0.15, 0.2) is 5.60 Å². The number of ether oxygens (including phenoxy) is 3. The van der Waals surface area contributed by atoms with Crippen LogP contribution >= 0.6 is 0 Å². The summed E-state index contributed by atoms with van der Waals surface area (Å²) in [4.78, 5) is 33.5. The van der Waals surface area contributed by atoms with Crippen molar-refractivity contribution < 1.29 is 46.5 Å². The molecule has 3 aromatic rings. The van der Waals surface area contributed by atoms with Crippen molar-refractivity contribution in [1.29, 1.82) is 0 Å². The maximum Gasteiger partial charge on any atom is 0.343 e. The van der Waals surface area contributed by atoms with E-state index in [9.17, 15) is 22.4 Å². The SMILES string of the molecule is CC(=O)OC(C)OC(=O)C1OON[C@H]1Cc1cccc(S(=O)(=O)N2CC(Oc3ccc(F)cc3)(c3ccccc3)C2)c1. The Morgan fingerprint density at radius 2 is 1.76 bits per heavy atom. The Balaban J connectivity index is 1.29. The minimum atomic E-state index is -3.92. The van der Waals surface area contributed by atoms with Crippen molar-refractivity contribution in [3.05, 3.63) is 95.8 Å². The first-order valence-electron chi connectivity index (χ1n) is 13.1. The highest BCUT2D eigenvalue weighted by molar-refractivity contribution is 7.89. The van der Waals surface area contributed by atoms with Crippen LogP contribution in [0.3, 0.4) is 0 Å². The molecular weight excluding hydrogens is 571 g/mol. The first-order valence-corrected chi connectivity index (χ1v) is 14.5. The zero-order valence-corrected chi connectivity index (χ0v) is 23.6. The Labute approximate surface area is 242 Å². The minimum absolute atomic E-state index is 0.0429. The van der Waals surface area contributed by atoms with E-state index in [1.807, 2.05) is 30.3 Å². The van der Waals surface area contributed by atoms with Crippen LogP contribution in [0.15, 0.2) is 83.8 Å². The molecule has 0 bridgehead atoms. The number of sulfonamides is 1. The number of esters is 2. The molecule has 3 aromatic carbocycles. The summed E-state index contributed by atoms with van der Waals surface area (Å²) in [6, 6.07) is 20.5. The van der Waals surface area contributed by atoms with Crippen molar-refractivity contribution in [2.24, 2.45) is 0 Å². The Bertz CT molecular complexity index is 1530. The molecule has 0 saturated carbocycles. The first kappa shape index (κ1) is 29.6. The Morgan fingerprint density at radius 1 is 1.05 bits per heavy atom. The van der Waals surface area contributed by atoms with Crippen LogP contribution in [0.1, 0.15) is 25.0 Å². The van der Waals surface area contributed by atoms with Crippen molar-refractivity contribution >= 4 is 22.0 Å². The van der Waals surface area contributed by atoms with Gasteiger partial charge in [-0.15, -0.1) is 4.99 Å². The molecule has 13 heteroatoms. The Hall–Kier alpha value is -3.88. The topological polar surface area (TPSA) is 130 Å². The van der Waals surface area contributed by atoms with E-state index in [-0.39, 0.29) is 24.4 Å². The number of nitrogens with zero attached hydrogens (tertiary/aromatic N) is 1. The summed E-state index contributed by atoms with van der Waals surface area (Å²) < 4.78 is 58.2. The van der Waals surface area contributed by atoms with E-state index in [1.54, 1.807) is 12.1 Å². The molecule has 2 fully saturated rings. The van der Waals surface area contributed by atoms with Gasteiger partial charge in [0.2, 0.25) is 22.4 Å². The molecule has 0 radical (unpaired) electrons. The van der Waals surface area contributed by atoms with Crippen LogP contribution in [-0.2, 0) is 51.0 Å². The number of nitrogens with one attached hydrogen (secondary N) is 1. The van der Waals surface area contributed by atoms with Crippen LogP contribution in [0, 0.1) is 5.82 Å². The summed E-state index contributed by atoms with van der Waals surface area (Å²) in [5.74, 6) is -1.42. The minimum Gasteiger partial charge on any atom is -0.480 e. The number of carbonyl (C=O) groups is 2. The molecular formula is C29H29FN2O9S. The highest BCUT2D eigenvalue weighted by Crippen LogP contribution is 2.40. The lowest BCUT2D eigenvalue weighted by atomic mass is 9.87. The smallest absolute Gasteiger partial charge is 0.343 e. The number of hydroxylamine groups is 1. The Morgan fingerprint density at radius 3 is 2.45 bits per heavy atom. The standard InChI is InChI=1S/C29H29FN2O9S/c1-19(33)37-20(2)38-28(34)27-26(31-41-40-27)16-21-7-6-10-25(15-21)42(35,36)32-17-29(18-32,22-8-4-3-5-9-22)39-24-13-11-23(30)12-14-24/h3-15,20,26-27,31H,16-18H2,1-2H3/t20?,26-,27?/m0/s1. The number of hydrogen-bond acceptors (Lipinski definition) is 10. The molecule has 2 saturated heterocycles. The summed E-state index contributed by atoms with van der Waals surface area (Å²) in [5.41, 5.74) is 3.01. The molecule has 2 aliphatic rings. The van der Waals surface area contributed by atoms with E-state index in [1.165, 1.54) is 54.6 Å². The molecule has 0 spiro atoms. The van der Waals surface area contributed by atoms with Gasteiger partial charge in [-0.2, -0.15) is 9.79 Å². The molecule has 0 aromatic heterocycles. The van der Waals surface area contributed by atoms with E-state index in [2.05, 4.69) is 5.48 Å². The van der Waals surface area contributed by atoms with Crippen LogP contribution in [0.2, 0.25) is 0 Å². The van der Waals surface area contributed by atoms with Crippen molar-refractivity contribution in [1.82, 2.24) is 9.79 Å². The number of hydrogen-bond donors (Lipinski definition) is 1. The largest absolute Gasteiger partial charge is 0.480 e. The summed E-state index contributed by atoms with van der Waals surface area (Å²) in [5, 5.41) is 0. The van der Waals surface area contributed by atoms with Gasteiger partial charge in [0.05, 0.1) is 24.0 Å². The maximum atomic E-state index is 13.6. The lowest BCUT2D eigenvalue weighted by molar-refractivity contribution is -0.306. The average molecular weight is 601 g/mol. The van der Waals surface area contributed by atoms with E-state index < -0.39 is 51.8 Å². The van der Waals surface area contributed by atoms with Crippen molar-refractivity contribution in [2.45, 2.75) is 49.2 Å². The van der Waals surface area contributed by atoms with E-state index in [0.29, 0.717) is 11.3 Å². The predicted octanol–water partition coefficient (Wildman–Crippen LogP) is 3.00. The number of carbonyl (C=O) groups excluding carboxylic acids is 2. The van der Waals surface area contributed by atoms with Crippen LogP contribution in [0.25, 0.3) is 0 Å². The molecule has 2 heterocycles. The molecule has 2 aliphatic heterocycles. The van der Waals surface area contributed by atoms with E-state index in [0.717, 1.165) is 5.56 Å². The van der Waals surface area contributed by atoms with E-state index >= 15 is 0 Å². The molecule has 42 heavy (non-hydrogen) atoms. The zero-order chi connectivity index (χ0) is 29.9. The summed E-state index contributed by atoms with van der Waals surface area (Å²) >= 11 is 0. The third-order valence-electron chi connectivity index (χ3n) is 6.85. The predicted molar refractivity (Wildman–Crippen MR) is 144 cm³/mol. The third-order valence-corrected chi connectivity index (χ3v) is 8.63. The number of rotatable bonds is 10. The molecule has 0 amide bonds. The fraction of sp³-hybridized carbons (Fsp3) is 0.310. The van der Waals surface area contributed by atoms with Crippen molar-refractivity contribution in [2.75, 3.05) is 13.1 Å². The molecule has 5 rings (SSSR count). The number of halogens is 1. The van der Waals surface area contributed by atoms with Gasteiger partial charge in [-0.25, -0.2) is 22.5 Å². The number of benzene rings is 3. The fourth-order valence-corrected chi connectivity index (χ4v) is 6.42. The van der Waals surface area contributed by atoms with Gasteiger partial charge in [0, 0.05) is 13.8 Å². The summed E-state index contributed by atoms with van der Waals surface area (Å²) in [6.45, 7) is 2.66. The lowest BCUT2D eigenvalue weighted by Gasteiger charge is -2.48. The molecule has 0 aliphatic carbocycles. The third kappa shape index (κ3) is 6.45. The van der Waals surface area contributed by atoms with Gasteiger partial charge >= 0.3 is 11.9 Å². The zero-order valence-electron chi connectivity index (χ0n) is 22.8. The van der Waals surface area contributed by atoms with E-state index in [4.69, 9.17) is 24.1 Å². The maximum absolute atomic E-state index is 13.6. The van der Waals surface area contributed by atoms with Crippen molar-refractivity contribution in [3.8, 4) is 5.75 Å². The van der Waals surface area contributed by atoms with Gasteiger partial charge in [0.1, 0.15) is 11.6 Å². The second kappa shape index (κ2) is 12.2. The molecule has 222 valence electrons.